The Labute approximate surface area is 161 Å². The predicted octanol–water partition coefficient (Wildman–Crippen LogP) is 3.32. The number of likely N-dealkylation sites (tertiary alicyclic amines) is 1. The van der Waals surface area contributed by atoms with E-state index in [9.17, 15) is 4.79 Å². The van der Waals surface area contributed by atoms with Gasteiger partial charge in [0.1, 0.15) is 0 Å². The van der Waals surface area contributed by atoms with Crippen molar-refractivity contribution in [1.29, 1.82) is 0 Å². The molecule has 0 spiro atoms. The van der Waals surface area contributed by atoms with Crippen molar-refractivity contribution in [1.82, 2.24) is 14.7 Å². The average molecular weight is 364 g/mol. The molecule has 1 saturated carbocycles. The summed E-state index contributed by atoms with van der Waals surface area (Å²) in [5.74, 6) is 3.26. The maximum atomic E-state index is 12.9. The minimum Gasteiger partial charge on any atom is -0.342 e. The second-order valence-electron chi connectivity index (χ2n) is 9.56. The van der Waals surface area contributed by atoms with Gasteiger partial charge in [0, 0.05) is 45.2 Å². The maximum absolute atomic E-state index is 12.9. The van der Waals surface area contributed by atoms with Crippen LogP contribution in [0.25, 0.3) is 0 Å². The van der Waals surface area contributed by atoms with Gasteiger partial charge in [-0.2, -0.15) is 0 Å². The van der Waals surface area contributed by atoms with Crippen LogP contribution in [-0.2, 0) is 4.79 Å². The summed E-state index contributed by atoms with van der Waals surface area (Å²) in [5, 5.41) is 0. The van der Waals surface area contributed by atoms with Gasteiger partial charge in [0.15, 0.2) is 0 Å². The fourth-order valence-electron chi connectivity index (χ4n) is 5.17. The number of nitrogens with zero attached hydrogens (tertiary/aromatic N) is 3. The van der Waals surface area contributed by atoms with Crippen molar-refractivity contribution in [3.63, 3.8) is 0 Å². The number of piperidine rings is 1. The standard InChI is InChI=1S/C22H41N3O/c1-18(2)20-4-6-21(7-5-20)22(26)25-12-9-19(10-13-25)8-11-24-16-14-23(3)15-17-24/h18-21H,4-17H2,1-3H3. The summed E-state index contributed by atoms with van der Waals surface area (Å²) in [5.41, 5.74) is 0. The lowest BCUT2D eigenvalue weighted by Crippen LogP contribution is -2.46. The van der Waals surface area contributed by atoms with E-state index in [1.165, 1.54) is 64.8 Å². The summed E-state index contributed by atoms with van der Waals surface area (Å²) in [6.45, 7) is 12.8. The number of carbonyl (C=O) groups is 1. The van der Waals surface area contributed by atoms with Crippen molar-refractivity contribution >= 4 is 5.91 Å². The normalized spacial score (nSPS) is 30.1. The van der Waals surface area contributed by atoms with E-state index >= 15 is 0 Å². The molecule has 3 rings (SSSR count). The van der Waals surface area contributed by atoms with Gasteiger partial charge in [-0.25, -0.2) is 0 Å². The number of rotatable bonds is 5. The first-order valence-corrected chi connectivity index (χ1v) is 11.2. The van der Waals surface area contributed by atoms with Crippen LogP contribution in [0.15, 0.2) is 0 Å². The molecule has 0 aromatic heterocycles. The number of carbonyl (C=O) groups excluding carboxylic acids is 1. The first-order valence-electron chi connectivity index (χ1n) is 11.2. The van der Waals surface area contributed by atoms with E-state index in [4.69, 9.17) is 0 Å². The van der Waals surface area contributed by atoms with E-state index in [0.29, 0.717) is 11.8 Å². The molecule has 0 radical (unpaired) electrons. The number of hydrogen-bond donors (Lipinski definition) is 0. The third-order valence-electron chi connectivity index (χ3n) is 7.44. The summed E-state index contributed by atoms with van der Waals surface area (Å²) < 4.78 is 0. The van der Waals surface area contributed by atoms with Gasteiger partial charge in [-0.15, -0.1) is 0 Å². The lowest BCUT2D eigenvalue weighted by Gasteiger charge is -2.38. The quantitative estimate of drug-likeness (QED) is 0.750. The van der Waals surface area contributed by atoms with Gasteiger partial charge in [0.25, 0.3) is 0 Å². The molecule has 1 amide bonds. The van der Waals surface area contributed by atoms with Crippen molar-refractivity contribution in [2.24, 2.45) is 23.7 Å². The number of amides is 1. The molecule has 4 nitrogen and oxygen atoms in total. The van der Waals surface area contributed by atoms with Crippen LogP contribution in [0.5, 0.6) is 0 Å². The van der Waals surface area contributed by atoms with Crippen molar-refractivity contribution in [3.05, 3.63) is 0 Å². The number of piperazine rings is 1. The van der Waals surface area contributed by atoms with Crippen LogP contribution in [0.3, 0.4) is 0 Å². The Hall–Kier alpha value is -0.610. The van der Waals surface area contributed by atoms with Crippen LogP contribution in [-0.4, -0.2) is 73.5 Å². The molecular weight excluding hydrogens is 322 g/mol. The van der Waals surface area contributed by atoms with Gasteiger partial charge in [0.05, 0.1) is 0 Å². The van der Waals surface area contributed by atoms with Crippen molar-refractivity contribution < 1.29 is 4.79 Å². The molecule has 0 N–H and O–H groups in total. The largest absolute Gasteiger partial charge is 0.342 e. The molecular formula is C22H41N3O. The monoisotopic (exact) mass is 363 g/mol. The molecule has 0 atom stereocenters. The van der Waals surface area contributed by atoms with Crippen LogP contribution in [0, 0.1) is 23.7 Å². The highest BCUT2D eigenvalue weighted by molar-refractivity contribution is 5.79. The van der Waals surface area contributed by atoms with Gasteiger partial charge in [0.2, 0.25) is 5.91 Å². The highest BCUT2D eigenvalue weighted by Gasteiger charge is 2.32. The van der Waals surface area contributed by atoms with E-state index in [1.54, 1.807) is 0 Å². The summed E-state index contributed by atoms with van der Waals surface area (Å²) in [6.07, 6.45) is 8.55. The highest BCUT2D eigenvalue weighted by atomic mass is 16.2. The fraction of sp³-hybridized carbons (Fsp3) is 0.955. The van der Waals surface area contributed by atoms with E-state index < -0.39 is 0 Å². The van der Waals surface area contributed by atoms with Crippen LogP contribution < -0.4 is 0 Å². The summed E-state index contributed by atoms with van der Waals surface area (Å²) in [7, 11) is 2.22. The van der Waals surface area contributed by atoms with Crippen LogP contribution >= 0.6 is 0 Å². The minimum absolute atomic E-state index is 0.326. The zero-order chi connectivity index (χ0) is 18.5. The lowest BCUT2D eigenvalue weighted by molar-refractivity contribution is -0.138. The topological polar surface area (TPSA) is 26.8 Å². The van der Waals surface area contributed by atoms with E-state index in [-0.39, 0.29) is 0 Å². The lowest BCUT2D eigenvalue weighted by atomic mass is 9.76. The zero-order valence-corrected chi connectivity index (χ0v) is 17.5. The maximum Gasteiger partial charge on any atom is 0.225 e. The van der Waals surface area contributed by atoms with Crippen molar-refractivity contribution in [2.75, 3.05) is 52.9 Å². The number of hydrogen-bond acceptors (Lipinski definition) is 3. The van der Waals surface area contributed by atoms with Gasteiger partial charge in [-0.3, -0.25) is 4.79 Å². The Morgan fingerprint density at radius 2 is 1.50 bits per heavy atom. The molecule has 0 bridgehead atoms. The van der Waals surface area contributed by atoms with Crippen LogP contribution in [0.2, 0.25) is 0 Å². The smallest absolute Gasteiger partial charge is 0.225 e. The van der Waals surface area contributed by atoms with Crippen molar-refractivity contribution in [2.45, 2.75) is 58.8 Å². The molecule has 4 heteroatoms. The molecule has 3 fully saturated rings. The molecule has 150 valence electrons. The SMILES string of the molecule is CC(C)C1CCC(C(=O)N2CCC(CCN3CCN(C)CC3)CC2)CC1. The van der Waals surface area contributed by atoms with Crippen LogP contribution in [0.1, 0.15) is 58.8 Å². The van der Waals surface area contributed by atoms with Gasteiger partial charge in [-0.05, 0) is 76.3 Å². The van der Waals surface area contributed by atoms with E-state index in [0.717, 1.165) is 43.7 Å². The first-order chi connectivity index (χ1) is 12.5. The molecule has 2 saturated heterocycles. The molecule has 2 heterocycles. The zero-order valence-electron chi connectivity index (χ0n) is 17.5. The summed E-state index contributed by atoms with van der Waals surface area (Å²) in [4.78, 5) is 20.1. The van der Waals surface area contributed by atoms with Gasteiger partial charge >= 0.3 is 0 Å². The third kappa shape index (κ3) is 5.45. The predicted molar refractivity (Wildman–Crippen MR) is 108 cm³/mol. The second kappa shape index (κ2) is 9.54. The van der Waals surface area contributed by atoms with Gasteiger partial charge in [-0.1, -0.05) is 13.8 Å². The van der Waals surface area contributed by atoms with Crippen molar-refractivity contribution in [3.8, 4) is 0 Å². The molecule has 0 aromatic carbocycles. The first kappa shape index (κ1) is 20.1. The highest BCUT2D eigenvalue weighted by Crippen LogP contribution is 2.35. The molecule has 26 heavy (non-hydrogen) atoms. The molecule has 2 aliphatic heterocycles. The molecule has 3 aliphatic rings. The second-order valence-corrected chi connectivity index (χ2v) is 9.56. The third-order valence-corrected chi connectivity index (χ3v) is 7.44. The van der Waals surface area contributed by atoms with Crippen LogP contribution in [0.4, 0.5) is 0 Å². The Bertz CT molecular complexity index is 429. The molecule has 0 unspecified atom stereocenters. The molecule has 0 aromatic rings. The fourth-order valence-corrected chi connectivity index (χ4v) is 5.17. The van der Waals surface area contributed by atoms with E-state index in [2.05, 4.69) is 35.6 Å². The summed E-state index contributed by atoms with van der Waals surface area (Å²) >= 11 is 0. The Morgan fingerprint density at radius 3 is 2.08 bits per heavy atom. The average Bonchev–Trinajstić information content (AvgIpc) is 2.67. The van der Waals surface area contributed by atoms with Gasteiger partial charge < -0.3 is 14.7 Å². The Balaban J connectivity index is 1.34. The Kier molecular flexibility index (Phi) is 7.39. The summed E-state index contributed by atoms with van der Waals surface area (Å²) in [6, 6.07) is 0. The Morgan fingerprint density at radius 1 is 0.885 bits per heavy atom. The number of likely N-dealkylation sites (N-methyl/N-ethyl adjacent to an activating group) is 1. The molecule has 1 aliphatic carbocycles. The minimum atomic E-state index is 0.326. The van der Waals surface area contributed by atoms with E-state index in [1.807, 2.05) is 0 Å².